The number of aromatic nitrogens is 5. The van der Waals surface area contributed by atoms with Gasteiger partial charge in [-0.2, -0.15) is 0 Å². The van der Waals surface area contributed by atoms with Crippen LogP contribution in [0.4, 0.5) is 0 Å². The zero-order chi connectivity index (χ0) is 61.6. The molecule has 0 saturated heterocycles. The number of benzene rings is 7. The molecule has 4 aliphatic heterocycles. The van der Waals surface area contributed by atoms with Crippen LogP contribution in [0.5, 0.6) is 17.2 Å². The van der Waals surface area contributed by atoms with E-state index in [-0.39, 0.29) is 23.9 Å². The summed E-state index contributed by atoms with van der Waals surface area (Å²) < 4.78 is 24.7. The molecule has 10 aromatic rings. The Bertz CT molecular complexity index is 3820. The Kier molecular flexibility index (Phi) is 22.0. The molecule has 13 heteroatoms. The van der Waals surface area contributed by atoms with E-state index in [0.717, 1.165) is 113 Å². The van der Waals surface area contributed by atoms with Crippen molar-refractivity contribution in [1.82, 2.24) is 30.3 Å². The number of nitrogens with zero attached hydrogens (tertiary/aromatic N) is 5. The largest absolute Gasteiger partial charge is 0.494 e. The Labute approximate surface area is 522 Å². The molecule has 13 nitrogen and oxygen atoms in total. The number of aryl methyl sites for hydroxylation is 3. The van der Waals surface area contributed by atoms with E-state index < -0.39 is 12.0 Å². The number of carbonyl (C=O) groups excluding carboxylic acids is 3. The zero-order valence-corrected chi connectivity index (χ0v) is 50.9. The molecule has 14 rings (SSSR count). The lowest BCUT2D eigenvalue weighted by Crippen LogP contribution is -2.29. The number of amides is 1. The van der Waals surface area contributed by atoms with Gasteiger partial charge in [0.15, 0.2) is 6.04 Å². The molecule has 0 aliphatic carbocycles. The summed E-state index contributed by atoms with van der Waals surface area (Å²) in [4.78, 5) is 49.1. The Morgan fingerprint density at radius 1 is 0.562 bits per heavy atom. The Hall–Kier alpha value is -10.0. The van der Waals surface area contributed by atoms with Gasteiger partial charge in [0, 0.05) is 41.3 Å². The lowest BCUT2D eigenvalue weighted by atomic mass is 9.91. The second kappa shape index (κ2) is 31.6. The van der Waals surface area contributed by atoms with Crippen LogP contribution in [0.25, 0.3) is 33.9 Å². The molecule has 1 amide bonds. The second-order valence-corrected chi connectivity index (χ2v) is 22.6. The van der Waals surface area contributed by atoms with Crippen molar-refractivity contribution in [3.8, 4) is 51.2 Å². The van der Waals surface area contributed by atoms with E-state index in [1.165, 1.54) is 35.9 Å². The van der Waals surface area contributed by atoms with Gasteiger partial charge in [-0.15, -0.1) is 5.10 Å². The van der Waals surface area contributed by atoms with Crippen LogP contribution < -0.4 is 19.5 Å². The second-order valence-electron chi connectivity index (χ2n) is 22.6. The molecule has 1 atom stereocenters. The number of pyridine rings is 2. The number of hydrogen-bond acceptors (Lipinski definition) is 11. The predicted molar refractivity (Wildman–Crippen MR) is 349 cm³/mol. The van der Waals surface area contributed by atoms with Crippen LogP contribution in [-0.4, -0.2) is 68.7 Å². The maximum absolute atomic E-state index is 13.1. The van der Waals surface area contributed by atoms with Crippen molar-refractivity contribution < 1.29 is 33.3 Å². The highest BCUT2D eigenvalue weighted by Crippen LogP contribution is 2.30. The van der Waals surface area contributed by atoms with Gasteiger partial charge in [-0.25, -0.2) is 19.3 Å². The average Bonchev–Trinajstić information content (AvgIpc) is 4.19. The zero-order valence-electron chi connectivity index (χ0n) is 50.9. The van der Waals surface area contributed by atoms with Crippen molar-refractivity contribution in [2.75, 3.05) is 19.8 Å². The highest BCUT2D eigenvalue weighted by molar-refractivity contribution is 5.96. The highest BCUT2D eigenvalue weighted by Gasteiger charge is 2.26. The first-order valence-corrected chi connectivity index (χ1v) is 30.9. The van der Waals surface area contributed by atoms with E-state index in [2.05, 4.69) is 101 Å². The minimum Gasteiger partial charge on any atom is -0.494 e. The van der Waals surface area contributed by atoms with Gasteiger partial charge in [-0.3, -0.25) is 9.78 Å². The number of hydrogen-bond donors (Lipinski definition) is 1. The lowest BCUT2D eigenvalue weighted by molar-refractivity contribution is -0.151. The van der Waals surface area contributed by atoms with Crippen molar-refractivity contribution in [3.63, 3.8) is 0 Å². The van der Waals surface area contributed by atoms with Crippen LogP contribution in [0.2, 0.25) is 0 Å². The third-order valence-electron chi connectivity index (χ3n) is 15.5. The molecule has 0 radical (unpaired) electrons. The third kappa shape index (κ3) is 18.0. The Balaban J connectivity index is 0.000000207. The summed E-state index contributed by atoms with van der Waals surface area (Å²) in [6, 6.07) is 70.0. The van der Waals surface area contributed by atoms with Gasteiger partial charge in [0.1, 0.15) is 22.9 Å². The fourth-order valence-corrected chi connectivity index (χ4v) is 10.7. The molecule has 0 fully saturated rings. The fourth-order valence-electron chi connectivity index (χ4n) is 10.7. The third-order valence-corrected chi connectivity index (χ3v) is 15.5. The van der Waals surface area contributed by atoms with Gasteiger partial charge in [0.25, 0.3) is 5.91 Å². The summed E-state index contributed by atoms with van der Waals surface area (Å²) in [5.41, 5.74) is 12.4. The standard InChI is InChI=1S/C43H40N4O5.C33H36N2O2/c1-29(2)51-43(50)40(26-31-13-7-4-8-14-31)47-28-39(45-46-47)37-24-23-36(25-30(37)3)52-42(49)35-21-19-34(20-22-35)41(48)44-27-38(32-15-9-5-10-16-32)33-17-11-6-12-18-33;1-2-4-6-25-37-30-22-18-27(19-23-30)31-13-9-15-33(35-31)32-14-8-12-28(34-32)11-7-10-26-16-20-29(21-17-26)36-24-5-3-1/h4-25,28-29,38,40H,26-27H2,1-3H3,(H,44,48);8-9,12-23H,1-7,10-11,24-25H2/t40-;/m0./s1. The van der Waals surface area contributed by atoms with E-state index in [9.17, 15) is 14.4 Å². The summed E-state index contributed by atoms with van der Waals surface area (Å²) in [6.07, 6.45) is 12.0. The summed E-state index contributed by atoms with van der Waals surface area (Å²) >= 11 is 0. The molecule has 8 bridgehead atoms. The first-order chi connectivity index (χ1) is 43.6. The quantitative estimate of drug-likeness (QED) is 0.0866. The monoisotopic (exact) mass is 1180 g/mol. The first kappa shape index (κ1) is 62.1. The molecule has 0 spiro atoms. The smallest absolute Gasteiger partial charge is 0.343 e. The van der Waals surface area contributed by atoms with Crippen molar-refractivity contribution in [1.29, 1.82) is 0 Å². The van der Waals surface area contributed by atoms with Crippen molar-refractivity contribution in [2.24, 2.45) is 0 Å². The van der Waals surface area contributed by atoms with Crippen LogP contribution in [-0.2, 0) is 28.8 Å². The SMILES string of the molecule is Cc1cc(OC(=O)c2ccc(C(=O)NCC(c3ccccc3)c3ccccc3)cc2)ccc1-c1cn([C@@H](Cc2ccccc2)C(=O)OC(C)C)nn1.c1cc2nc(c1)-c1cccc(n1)-c1ccc(cc1)OCCCCCCCCOc1ccc(cc1)CCC2. The first-order valence-electron chi connectivity index (χ1n) is 30.9. The number of esters is 2. The Morgan fingerprint density at radius 3 is 1.79 bits per heavy atom. The molecule has 7 aromatic carbocycles. The molecule has 7 heterocycles. The van der Waals surface area contributed by atoms with Crippen LogP contribution in [0, 0.1) is 6.92 Å². The maximum atomic E-state index is 13.1. The summed E-state index contributed by atoms with van der Waals surface area (Å²) in [6.45, 7) is 7.47. The van der Waals surface area contributed by atoms with Gasteiger partial charge in [-0.1, -0.05) is 146 Å². The van der Waals surface area contributed by atoms with Gasteiger partial charge in [-0.05, 0) is 184 Å². The van der Waals surface area contributed by atoms with E-state index in [0.29, 0.717) is 35.5 Å². The van der Waals surface area contributed by atoms with Gasteiger partial charge in [0.2, 0.25) is 0 Å². The van der Waals surface area contributed by atoms with Crippen molar-refractivity contribution >= 4 is 17.8 Å². The summed E-state index contributed by atoms with van der Waals surface area (Å²) in [5, 5.41) is 11.7. The average molecular weight is 1190 g/mol. The minimum absolute atomic E-state index is 0.00696. The molecule has 452 valence electrons. The van der Waals surface area contributed by atoms with Crippen LogP contribution in [0.15, 0.2) is 225 Å². The normalized spacial score (nSPS) is 13.2. The van der Waals surface area contributed by atoms with Gasteiger partial charge >= 0.3 is 11.9 Å². The maximum Gasteiger partial charge on any atom is 0.343 e. The molecule has 0 unspecified atom stereocenters. The number of rotatable bonds is 13. The molecule has 4 aliphatic rings. The van der Waals surface area contributed by atoms with Gasteiger partial charge in [0.05, 0.1) is 48.2 Å². The minimum atomic E-state index is -0.690. The van der Waals surface area contributed by atoms with E-state index >= 15 is 0 Å². The van der Waals surface area contributed by atoms with Crippen LogP contribution in [0.1, 0.15) is 125 Å². The molecular weight excluding hydrogens is 1110 g/mol. The van der Waals surface area contributed by atoms with Crippen molar-refractivity contribution in [2.45, 2.75) is 103 Å². The van der Waals surface area contributed by atoms with Crippen LogP contribution >= 0.6 is 0 Å². The van der Waals surface area contributed by atoms with E-state index in [1.807, 2.05) is 112 Å². The predicted octanol–water partition coefficient (Wildman–Crippen LogP) is 15.9. The number of ether oxygens (including phenoxy) is 4. The molecular formula is C76H76N6O7. The van der Waals surface area contributed by atoms with Gasteiger partial charge < -0.3 is 24.3 Å². The van der Waals surface area contributed by atoms with Crippen LogP contribution in [0.3, 0.4) is 0 Å². The molecule has 1 N–H and O–H groups in total. The van der Waals surface area contributed by atoms with Crippen molar-refractivity contribution in [3.05, 3.63) is 269 Å². The molecule has 3 aromatic heterocycles. The number of nitrogens with one attached hydrogen (secondary N) is 1. The number of carbonyl (C=O) groups is 3. The summed E-state index contributed by atoms with van der Waals surface area (Å²) in [7, 11) is 0. The van der Waals surface area contributed by atoms with E-state index in [4.69, 9.17) is 28.9 Å². The van der Waals surface area contributed by atoms with E-state index in [1.54, 1.807) is 48.7 Å². The highest BCUT2D eigenvalue weighted by atomic mass is 16.5. The molecule has 89 heavy (non-hydrogen) atoms. The molecule has 0 saturated carbocycles. The topological polar surface area (TPSA) is 157 Å². The summed E-state index contributed by atoms with van der Waals surface area (Å²) in [5.74, 6) is 1.06. The fraction of sp³-hybridized carbons (Fsp3) is 0.250. The lowest BCUT2D eigenvalue weighted by Gasteiger charge is -2.19. The Morgan fingerprint density at radius 2 is 1.15 bits per heavy atom.